The van der Waals surface area contributed by atoms with Crippen LogP contribution in [0.1, 0.15) is 70.5 Å². The molecule has 1 aromatic heterocycles. The van der Waals surface area contributed by atoms with Crippen LogP contribution in [-0.4, -0.2) is 32.3 Å². The summed E-state index contributed by atoms with van der Waals surface area (Å²) < 4.78 is 0. The topological polar surface area (TPSA) is 52.2 Å². The molecule has 0 fully saturated rings. The Morgan fingerprint density at radius 2 is 1.75 bits per heavy atom. The summed E-state index contributed by atoms with van der Waals surface area (Å²) in [7, 11) is 0. The minimum atomic E-state index is -0.0828. The average molecular weight is 400 g/mol. The highest BCUT2D eigenvalue weighted by molar-refractivity contribution is 7.99. The first-order chi connectivity index (χ1) is 13.1. The fourth-order valence-electron chi connectivity index (χ4n) is 3.47. The molecule has 0 bridgehead atoms. The number of phenolic OH excluding ortho intramolecular Hbond substituents is 1. The van der Waals surface area contributed by atoms with Crippen LogP contribution in [0.3, 0.4) is 0 Å². The highest BCUT2D eigenvalue weighted by Gasteiger charge is 2.26. The maximum atomic E-state index is 10.9. The fourth-order valence-corrected chi connectivity index (χ4v) is 4.39. The van der Waals surface area contributed by atoms with Gasteiger partial charge in [-0.05, 0) is 41.2 Å². The molecule has 3 rings (SSSR count). The number of rotatable bonds is 5. The number of aromatic nitrogens is 2. The van der Waals surface area contributed by atoms with Crippen molar-refractivity contribution in [1.82, 2.24) is 14.9 Å². The summed E-state index contributed by atoms with van der Waals surface area (Å²) in [6.07, 6.45) is 7.12. The molecule has 0 saturated heterocycles. The van der Waals surface area contributed by atoms with Crippen LogP contribution in [0.15, 0.2) is 29.6 Å². The number of H-pyrrole nitrogens is 1. The monoisotopic (exact) mass is 399 g/mol. The lowest BCUT2D eigenvalue weighted by Crippen LogP contribution is -2.21. The van der Waals surface area contributed by atoms with Crippen LogP contribution in [0.25, 0.3) is 6.08 Å². The van der Waals surface area contributed by atoms with Crippen LogP contribution in [-0.2, 0) is 17.4 Å². The van der Waals surface area contributed by atoms with E-state index >= 15 is 0 Å². The quantitative estimate of drug-likeness (QED) is 0.502. The number of nitrogens with one attached hydrogen (secondary N) is 1. The summed E-state index contributed by atoms with van der Waals surface area (Å²) >= 11 is 1.88. The molecule has 0 radical (unpaired) electrons. The highest BCUT2D eigenvalue weighted by atomic mass is 32.2. The van der Waals surface area contributed by atoms with Gasteiger partial charge in [0.15, 0.2) is 0 Å². The van der Waals surface area contributed by atoms with Gasteiger partial charge >= 0.3 is 0 Å². The van der Waals surface area contributed by atoms with E-state index in [1.807, 2.05) is 11.8 Å². The molecule has 4 nitrogen and oxygen atoms in total. The Morgan fingerprint density at radius 3 is 2.36 bits per heavy atom. The normalized spacial score (nSPS) is 14.4. The first kappa shape index (κ1) is 20.8. The van der Waals surface area contributed by atoms with Crippen LogP contribution >= 0.6 is 11.8 Å². The molecule has 0 spiro atoms. The molecule has 2 N–H and O–H groups in total. The first-order valence-corrected chi connectivity index (χ1v) is 11.0. The van der Waals surface area contributed by atoms with Crippen LogP contribution in [0.5, 0.6) is 5.75 Å². The average Bonchev–Trinajstić information content (AvgIpc) is 3.05. The molecule has 5 heteroatoms. The van der Waals surface area contributed by atoms with Crippen molar-refractivity contribution in [2.75, 3.05) is 12.3 Å². The Morgan fingerprint density at radius 1 is 1.11 bits per heavy atom. The molecular weight excluding hydrogens is 366 g/mol. The molecule has 0 aliphatic carbocycles. The van der Waals surface area contributed by atoms with Crippen molar-refractivity contribution in [3.63, 3.8) is 0 Å². The van der Waals surface area contributed by atoms with Crippen molar-refractivity contribution in [2.24, 2.45) is 0 Å². The fraction of sp³-hybridized carbons (Fsp3) is 0.522. The lowest BCUT2D eigenvalue weighted by atomic mass is 9.79. The van der Waals surface area contributed by atoms with Gasteiger partial charge in [0, 0.05) is 28.8 Å². The molecule has 28 heavy (non-hydrogen) atoms. The van der Waals surface area contributed by atoms with Gasteiger partial charge < -0.3 is 15.0 Å². The van der Waals surface area contributed by atoms with E-state index in [9.17, 15) is 5.11 Å². The first-order valence-electron chi connectivity index (χ1n) is 10.0. The van der Waals surface area contributed by atoms with Gasteiger partial charge in [0.25, 0.3) is 0 Å². The number of hydrogen-bond donors (Lipinski definition) is 2. The number of imidazole rings is 1. The standard InChI is InChI=1S/C23H33N3OS/c1-22(2,3)17-12-16(13-18(21(17)27)23(4,5)6)28-11-7-9-26-10-8-19-20(14-26)25-15-24-19/h8,10,12-13,15,27H,7,9,11,14H2,1-6H3,(H,24,25). The minimum Gasteiger partial charge on any atom is -0.507 e. The van der Waals surface area contributed by atoms with E-state index in [1.165, 1.54) is 4.90 Å². The molecule has 0 atom stereocenters. The number of fused-ring (bicyclic) bond motifs is 1. The van der Waals surface area contributed by atoms with Gasteiger partial charge in [-0.25, -0.2) is 4.98 Å². The second kappa shape index (κ2) is 7.86. The van der Waals surface area contributed by atoms with Crippen molar-refractivity contribution < 1.29 is 5.11 Å². The molecule has 1 aliphatic heterocycles. The van der Waals surface area contributed by atoms with Crippen LogP contribution in [0, 0.1) is 0 Å². The second-order valence-electron chi connectivity index (χ2n) is 9.62. The lowest BCUT2D eigenvalue weighted by molar-refractivity contribution is 0.364. The molecule has 1 aromatic carbocycles. The Kier molecular flexibility index (Phi) is 5.85. The molecule has 0 amide bonds. The Hall–Kier alpha value is -1.88. The molecule has 2 heterocycles. The van der Waals surface area contributed by atoms with Gasteiger partial charge in [0.1, 0.15) is 5.75 Å². The van der Waals surface area contributed by atoms with Gasteiger partial charge in [-0.2, -0.15) is 0 Å². The van der Waals surface area contributed by atoms with Crippen molar-refractivity contribution >= 4 is 17.8 Å². The second-order valence-corrected chi connectivity index (χ2v) is 10.8. The molecule has 1 aliphatic rings. The van der Waals surface area contributed by atoms with Crippen molar-refractivity contribution in [2.45, 2.75) is 70.2 Å². The van der Waals surface area contributed by atoms with Crippen molar-refractivity contribution in [3.8, 4) is 5.75 Å². The van der Waals surface area contributed by atoms with Gasteiger partial charge in [-0.1, -0.05) is 41.5 Å². The molecule has 0 unspecified atom stereocenters. The zero-order valence-corrected chi connectivity index (χ0v) is 18.8. The van der Waals surface area contributed by atoms with Gasteiger partial charge in [0.05, 0.1) is 24.3 Å². The molecular formula is C23H33N3OS. The predicted molar refractivity (Wildman–Crippen MR) is 119 cm³/mol. The van der Waals surface area contributed by atoms with Crippen LogP contribution < -0.4 is 0 Å². The number of aromatic amines is 1. The van der Waals surface area contributed by atoms with E-state index in [-0.39, 0.29) is 10.8 Å². The van der Waals surface area contributed by atoms with E-state index in [0.717, 1.165) is 47.8 Å². The Balaban J connectivity index is 1.64. The Labute approximate surface area is 173 Å². The smallest absolute Gasteiger partial charge is 0.123 e. The third-order valence-electron chi connectivity index (χ3n) is 5.11. The van der Waals surface area contributed by atoms with Crippen molar-refractivity contribution in [1.29, 1.82) is 0 Å². The largest absolute Gasteiger partial charge is 0.507 e. The predicted octanol–water partition coefficient (Wildman–Crippen LogP) is 5.68. The number of phenols is 1. The number of thioether (sulfide) groups is 1. The third kappa shape index (κ3) is 4.75. The number of aromatic hydroxyl groups is 1. The van der Waals surface area contributed by atoms with Gasteiger partial charge in [0.2, 0.25) is 0 Å². The summed E-state index contributed by atoms with van der Waals surface area (Å²) in [5.74, 6) is 1.51. The minimum absolute atomic E-state index is 0.0828. The number of hydrogen-bond acceptors (Lipinski definition) is 4. The highest BCUT2D eigenvalue weighted by Crippen LogP contribution is 2.41. The SMILES string of the molecule is CC(C)(C)c1cc(SCCCN2C=Cc3[nH]cnc3C2)cc(C(C)(C)C)c1O. The molecule has 152 valence electrons. The summed E-state index contributed by atoms with van der Waals surface area (Å²) in [6, 6.07) is 4.35. The van der Waals surface area contributed by atoms with E-state index in [1.54, 1.807) is 6.33 Å². The maximum Gasteiger partial charge on any atom is 0.123 e. The zero-order chi connectivity index (χ0) is 20.5. The lowest BCUT2D eigenvalue weighted by Gasteiger charge is -2.28. The summed E-state index contributed by atoms with van der Waals surface area (Å²) in [5.41, 5.74) is 4.15. The maximum absolute atomic E-state index is 10.9. The van der Waals surface area contributed by atoms with E-state index in [4.69, 9.17) is 0 Å². The number of nitrogens with zero attached hydrogens (tertiary/aromatic N) is 2. The van der Waals surface area contributed by atoms with Crippen LogP contribution in [0.4, 0.5) is 0 Å². The third-order valence-corrected chi connectivity index (χ3v) is 6.18. The van der Waals surface area contributed by atoms with E-state index in [2.05, 4.69) is 80.8 Å². The van der Waals surface area contributed by atoms with Gasteiger partial charge in [-0.3, -0.25) is 0 Å². The summed E-state index contributed by atoms with van der Waals surface area (Å²) in [6.45, 7) is 14.9. The Bertz CT molecular complexity index is 820. The summed E-state index contributed by atoms with van der Waals surface area (Å²) in [5, 5.41) is 10.9. The molecule has 2 aromatic rings. The zero-order valence-electron chi connectivity index (χ0n) is 18.0. The summed E-state index contributed by atoms with van der Waals surface area (Å²) in [4.78, 5) is 11.1. The van der Waals surface area contributed by atoms with Gasteiger partial charge in [-0.15, -0.1) is 11.8 Å². The van der Waals surface area contributed by atoms with E-state index < -0.39 is 0 Å². The number of benzene rings is 1. The van der Waals surface area contributed by atoms with E-state index in [0.29, 0.717) is 5.75 Å². The molecule has 0 saturated carbocycles. The van der Waals surface area contributed by atoms with Crippen LogP contribution in [0.2, 0.25) is 0 Å². The van der Waals surface area contributed by atoms with Crippen molar-refractivity contribution in [3.05, 3.63) is 47.2 Å².